The van der Waals surface area contributed by atoms with E-state index in [0.717, 1.165) is 4.88 Å². The summed E-state index contributed by atoms with van der Waals surface area (Å²) in [6.07, 6.45) is 2.59. The van der Waals surface area contributed by atoms with Gasteiger partial charge in [-0.3, -0.25) is 4.98 Å². The number of thiophene rings is 1. The first-order valence-electron chi connectivity index (χ1n) is 7.54. The molecule has 0 saturated carbocycles. The molecule has 2 N–H and O–H groups in total. The lowest BCUT2D eigenvalue weighted by atomic mass is 9.95. The Labute approximate surface area is 159 Å². The number of benzene rings is 1. The maximum atomic E-state index is 10.8. The zero-order valence-electron chi connectivity index (χ0n) is 13.1. The van der Waals surface area contributed by atoms with Crippen LogP contribution in [0.15, 0.2) is 66.5 Å². The lowest BCUT2D eigenvalue weighted by Gasteiger charge is -2.17. The second kappa shape index (κ2) is 8.02. The molecular weight excluding hydrogens is 377 g/mol. The molecule has 3 nitrogen and oxygen atoms in total. The number of nitrogens with zero attached hydrogens (tertiary/aromatic N) is 1. The fourth-order valence-corrected chi connectivity index (χ4v) is 3.81. The van der Waals surface area contributed by atoms with E-state index < -0.39 is 6.10 Å². The van der Waals surface area contributed by atoms with Crippen LogP contribution in [0.2, 0.25) is 9.36 Å². The summed E-state index contributed by atoms with van der Waals surface area (Å²) < 4.78 is 0.660. The van der Waals surface area contributed by atoms with E-state index in [1.165, 1.54) is 11.3 Å². The quantitative estimate of drug-likeness (QED) is 0.548. The van der Waals surface area contributed by atoms with Gasteiger partial charge in [-0.2, -0.15) is 0 Å². The number of hydrogen-bond acceptors (Lipinski definition) is 4. The summed E-state index contributed by atoms with van der Waals surface area (Å²) in [7, 11) is 0. The molecule has 0 bridgehead atoms. The highest BCUT2D eigenvalue weighted by Crippen LogP contribution is 2.33. The molecule has 3 aromatic rings. The summed E-state index contributed by atoms with van der Waals surface area (Å²) in [6.45, 7) is 0. The lowest BCUT2D eigenvalue weighted by molar-refractivity contribution is 0.210. The fraction of sp³-hybridized carbons (Fsp3) is 0.105. The van der Waals surface area contributed by atoms with E-state index in [1.54, 1.807) is 54.9 Å². The second-order valence-electron chi connectivity index (χ2n) is 5.46. The SMILES string of the molecule is O/C(=C(\Cc1ccc(Cl)s1)C(O)c1cccnc1)c1cccc(Cl)c1. The van der Waals surface area contributed by atoms with Crippen LogP contribution in [0, 0.1) is 0 Å². The van der Waals surface area contributed by atoms with Gasteiger partial charge in [0.2, 0.25) is 0 Å². The zero-order chi connectivity index (χ0) is 17.8. The zero-order valence-corrected chi connectivity index (χ0v) is 15.4. The lowest BCUT2D eigenvalue weighted by Crippen LogP contribution is -2.07. The number of aliphatic hydroxyl groups is 2. The summed E-state index contributed by atoms with van der Waals surface area (Å²) in [4.78, 5) is 4.98. The third kappa shape index (κ3) is 4.41. The van der Waals surface area contributed by atoms with Gasteiger partial charge in [0.05, 0.1) is 4.34 Å². The highest BCUT2D eigenvalue weighted by Gasteiger charge is 2.20. The van der Waals surface area contributed by atoms with Crippen molar-refractivity contribution >= 4 is 40.3 Å². The van der Waals surface area contributed by atoms with Crippen LogP contribution in [-0.4, -0.2) is 15.2 Å². The fourth-order valence-electron chi connectivity index (χ4n) is 2.50. The molecular formula is C19H15Cl2NO2S. The number of pyridine rings is 1. The summed E-state index contributed by atoms with van der Waals surface area (Å²) in [6, 6.07) is 14.1. The predicted molar refractivity (Wildman–Crippen MR) is 103 cm³/mol. The second-order valence-corrected chi connectivity index (χ2v) is 7.69. The topological polar surface area (TPSA) is 53.4 Å². The van der Waals surface area contributed by atoms with Crippen molar-refractivity contribution in [2.45, 2.75) is 12.5 Å². The van der Waals surface area contributed by atoms with Crippen LogP contribution >= 0.6 is 34.5 Å². The Kier molecular flexibility index (Phi) is 5.76. The Morgan fingerprint density at radius 1 is 1.12 bits per heavy atom. The molecule has 2 aromatic heterocycles. The first-order chi connectivity index (χ1) is 12.0. The average Bonchev–Trinajstić information content (AvgIpc) is 3.04. The van der Waals surface area contributed by atoms with E-state index in [2.05, 4.69) is 4.98 Å². The maximum Gasteiger partial charge on any atom is 0.125 e. The van der Waals surface area contributed by atoms with Crippen LogP contribution in [0.25, 0.3) is 5.76 Å². The van der Waals surface area contributed by atoms with E-state index in [-0.39, 0.29) is 5.76 Å². The first kappa shape index (κ1) is 18.0. The van der Waals surface area contributed by atoms with Gasteiger partial charge < -0.3 is 10.2 Å². The molecule has 2 heterocycles. The molecule has 3 rings (SSSR count). The van der Waals surface area contributed by atoms with E-state index in [0.29, 0.717) is 32.5 Å². The number of rotatable bonds is 5. The molecule has 1 aromatic carbocycles. The molecule has 0 aliphatic heterocycles. The van der Waals surface area contributed by atoms with Crippen molar-refractivity contribution in [2.75, 3.05) is 0 Å². The van der Waals surface area contributed by atoms with Gasteiger partial charge in [-0.1, -0.05) is 41.4 Å². The summed E-state index contributed by atoms with van der Waals surface area (Å²) in [5.41, 5.74) is 1.62. The number of hydrogen-bond donors (Lipinski definition) is 2. The third-order valence-corrected chi connectivity index (χ3v) is 5.19. The maximum absolute atomic E-state index is 10.8. The van der Waals surface area contributed by atoms with Gasteiger partial charge in [0.1, 0.15) is 11.9 Å². The highest BCUT2D eigenvalue weighted by molar-refractivity contribution is 7.16. The minimum atomic E-state index is -0.992. The number of aliphatic hydroxyl groups excluding tert-OH is 2. The van der Waals surface area contributed by atoms with Gasteiger partial charge in [0.15, 0.2) is 0 Å². The average molecular weight is 392 g/mol. The van der Waals surface area contributed by atoms with E-state index in [9.17, 15) is 10.2 Å². The molecule has 1 atom stereocenters. The van der Waals surface area contributed by atoms with E-state index >= 15 is 0 Å². The van der Waals surface area contributed by atoms with E-state index in [4.69, 9.17) is 23.2 Å². The van der Waals surface area contributed by atoms with Crippen LogP contribution in [-0.2, 0) is 6.42 Å². The molecule has 0 radical (unpaired) electrons. The normalized spacial score (nSPS) is 13.4. The van der Waals surface area contributed by atoms with Gasteiger partial charge in [0, 0.05) is 45.4 Å². The van der Waals surface area contributed by atoms with Crippen molar-refractivity contribution in [1.82, 2.24) is 4.98 Å². The number of aromatic nitrogens is 1. The Morgan fingerprint density at radius 3 is 2.60 bits per heavy atom. The van der Waals surface area contributed by atoms with Crippen molar-refractivity contribution in [2.24, 2.45) is 0 Å². The van der Waals surface area contributed by atoms with Crippen molar-refractivity contribution in [1.29, 1.82) is 0 Å². The first-order valence-corrected chi connectivity index (χ1v) is 9.12. The molecule has 0 spiro atoms. The minimum absolute atomic E-state index is 0.00313. The standard InChI is InChI=1S/C19H15Cl2NO2S/c20-14-5-1-3-12(9-14)18(23)16(10-15-6-7-17(21)25-15)19(24)13-4-2-8-22-11-13/h1-9,11,19,23-24H,10H2/b18-16+. The predicted octanol–water partition coefficient (Wildman–Crippen LogP) is 5.70. The van der Waals surface area contributed by atoms with Crippen LogP contribution in [0.5, 0.6) is 0 Å². The Hall–Kier alpha value is -1.85. The Balaban J connectivity index is 2.06. The van der Waals surface area contributed by atoms with Crippen LogP contribution in [0.4, 0.5) is 0 Å². The molecule has 6 heteroatoms. The van der Waals surface area contributed by atoms with Crippen molar-refractivity contribution in [3.63, 3.8) is 0 Å². The van der Waals surface area contributed by atoms with Crippen molar-refractivity contribution in [3.8, 4) is 0 Å². The molecule has 25 heavy (non-hydrogen) atoms. The minimum Gasteiger partial charge on any atom is -0.507 e. The van der Waals surface area contributed by atoms with Gasteiger partial charge in [-0.15, -0.1) is 11.3 Å². The summed E-state index contributed by atoms with van der Waals surface area (Å²) in [5, 5.41) is 22.2. The van der Waals surface area contributed by atoms with Gasteiger partial charge in [-0.25, -0.2) is 0 Å². The monoisotopic (exact) mass is 391 g/mol. The van der Waals surface area contributed by atoms with Crippen molar-refractivity contribution in [3.05, 3.63) is 91.9 Å². The van der Waals surface area contributed by atoms with Crippen LogP contribution in [0.1, 0.15) is 22.1 Å². The molecule has 1 unspecified atom stereocenters. The highest BCUT2D eigenvalue weighted by atomic mass is 35.5. The smallest absolute Gasteiger partial charge is 0.125 e. The Bertz CT molecular complexity index is 893. The molecule has 0 fully saturated rings. The molecule has 0 saturated heterocycles. The van der Waals surface area contributed by atoms with Crippen LogP contribution < -0.4 is 0 Å². The third-order valence-electron chi connectivity index (χ3n) is 3.73. The molecule has 128 valence electrons. The Morgan fingerprint density at radius 2 is 1.96 bits per heavy atom. The van der Waals surface area contributed by atoms with Gasteiger partial charge in [0.25, 0.3) is 0 Å². The van der Waals surface area contributed by atoms with Gasteiger partial charge in [-0.05, 0) is 30.3 Å². The van der Waals surface area contributed by atoms with Crippen LogP contribution in [0.3, 0.4) is 0 Å². The molecule has 0 aliphatic carbocycles. The number of halogens is 2. The molecule has 0 amide bonds. The largest absolute Gasteiger partial charge is 0.507 e. The van der Waals surface area contributed by atoms with E-state index in [1.807, 2.05) is 6.07 Å². The van der Waals surface area contributed by atoms with Crippen molar-refractivity contribution < 1.29 is 10.2 Å². The molecule has 0 aliphatic rings. The summed E-state index contributed by atoms with van der Waals surface area (Å²) in [5.74, 6) is 0.00313. The summed E-state index contributed by atoms with van der Waals surface area (Å²) >= 11 is 13.5. The van der Waals surface area contributed by atoms with Gasteiger partial charge >= 0.3 is 0 Å².